The first kappa shape index (κ1) is 16.6. The molecule has 0 aromatic heterocycles. The molecule has 0 saturated carbocycles. The molecule has 1 saturated heterocycles. The minimum Gasteiger partial charge on any atom is -0.444 e. The lowest BCUT2D eigenvalue weighted by atomic mass is 9.83. The van der Waals surface area contributed by atoms with Gasteiger partial charge in [0.1, 0.15) is 5.60 Å². The molecule has 0 radical (unpaired) electrons. The van der Waals surface area contributed by atoms with Crippen LogP contribution in [0.5, 0.6) is 0 Å². The fraction of sp³-hybridized carbons (Fsp3) is 0.588. The molecule has 1 unspecified atom stereocenters. The van der Waals surface area contributed by atoms with E-state index < -0.39 is 5.60 Å². The van der Waals surface area contributed by atoms with E-state index in [1.165, 1.54) is 0 Å². The number of nitrogens with zero attached hydrogens (tertiary/aromatic N) is 1. The molecule has 6 heteroatoms. The Morgan fingerprint density at radius 2 is 2.22 bits per heavy atom. The van der Waals surface area contributed by atoms with Crippen molar-refractivity contribution in [3.8, 4) is 0 Å². The van der Waals surface area contributed by atoms with E-state index in [0.29, 0.717) is 6.54 Å². The minimum atomic E-state index is -0.515. The number of carbonyl (C=O) groups excluding carboxylic acids is 1. The quantitative estimate of drug-likeness (QED) is 0.779. The number of anilines is 1. The standard InChI is InChI=1S/C17H23BrN2O3/c1-17(2,3)23-16(22)20-7-6-11-14(9-21)19-13-5-4-10(18)8-12(13)15(11)20/h4-5,8,11,14-15,19,21H,6-7,9H2,1-3H3/t11?,14-,15+/m0/s1. The van der Waals surface area contributed by atoms with Crippen molar-refractivity contribution in [2.75, 3.05) is 18.5 Å². The number of likely N-dealkylation sites (tertiary alicyclic amines) is 1. The second-order valence-corrected chi connectivity index (χ2v) is 8.15. The topological polar surface area (TPSA) is 61.8 Å². The second kappa shape index (κ2) is 5.98. The molecule has 0 aliphatic carbocycles. The van der Waals surface area contributed by atoms with E-state index in [1.54, 1.807) is 0 Å². The van der Waals surface area contributed by atoms with Gasteiger partial charge in [-0.05, 0) is 51.0 Å². The highest BCUT2D eigenvalue weighted by Gasteiger charge is 2.46. The van der Waals surface area contributed by atoms with E-state index in [4.69, 9.17) is 4.74 Å². The molecule has 2 heterocycles. The van der Waals surface area contributed by atoms with Crippen molar-refractivity contribution in [2.24, 2.45) is 5.92 Å². The van der Waals surface area contributed by atoms with Crippen LogP contribution in [0.2, 0.25) is 0 Å². The molecule has 1 aromatic rings. The zero-order chi connectivity index (χ0) is 16.8. The van der Waals surface area contributed by atoms with Crippen molar-refractivity contribution in [3.63, 3.8) is 0 Å². The first-order valence-corrected chi connectivity index (χ1v) is 8.76. The predicted octanol–water partition coefficient (Wildman–Crippen LogP) is 3.53. The average Bonchev–Trinajstić information content (AvgIpc) is 2.90. The lowest BCUT2D eigenvalue weighted by Gasteiger charge is -2.39. The molecule has 126 valence electrons. The Kier molecular flexibility index (Phi) is 4.31. The number of fused-ring (bicyclic) bond motifs is 3. The Morgan fingerprint density at radius 1 is 1.48 bits per heavy atom. The van der Waals surface area contributed by atoms with Gasteiger partial charge < -0.3 is 20.1 Å². The number of hydrogen-bond donors (Lipinski definition) is 2. The second-order valence-electron chi connectivity index (χ2n) is 7.24. The Morgan fingerprint density at radius 3 is 2.87 bits per heavy atom. The summed E-state index contributed by atoms with van der Waals surface area (Å²) in [4.78, 5) is 14.4. The van der Waals surface area contributed by atoms with Gasteiger partial charge >= 0.3 is 6.09 Å². The number of aliphatic hydroxyl groups excluding tert-OH is 1. The number of aliphatic hydroxyl groups is 1. The van der Waals surface area contributed by atoms with Crippen LogP contribution in [0.25, 0.3) is 0 Å². The molecular formula is C17H23BrN2O3. The number of nitrogens with one attached hydrogen (secondary N) is 1. The Balaban J connectivity index is 1.96. The molecule has 0 bridgehead atoms. The van der Waals surface area contributed by atoms with E-state index in [9.17, 15) is 9.90 Å². The van der Waals surface area contributed by atoms with Crippen molar-refractivity contribution >= 4 is 27.7 Å². The summed E-state index contributed by atoms with van der Waals surface area (Å²) in [5.41, 5.74) is 1.54. The van der Waals surface area contributed by atoms with Crippen LogP contribution in [0.4, 0.5) is 10.5 Å². The number of ether oxygens (including phenoxy) is 1. The van der Waals surface area contributed by atoms with Gasteiger partial charge in [-0.15, -0.1) is 0 Å². The van der Waals surface area contributed by atoms with Crippen LogP contribution in [-0.4, -0.2) is 40.9 Å². The summed E-state index contributed by atoms with van der Waals surface area (Å²) in [7, 11) is 0. The van der Waals surface area contributed by atoms with Crippen molar-refractivity contribution in [1.29, 1.82) is 0 Å². The van der Waals surface area contributed by atoms with E-state index in [0.717, 1.165) is 22.1 Å². The normalized spacial score (nSPS) is 26.3. The van der Waals surface area contributed by atoms with Crippen molar-refractivity contribution in [3.05, 3.63) is 28.2 Å². The van der Waals surface area contributed by atoms with Gasteiger partial charge in [0.25, 0.3) is 0 Å². The van der Waals surface area contributed by atoms with Crippen LogP contribution in [0.3, 0.4) is 0 Å². The Labute approximate surface area is 145 Å². The minimum absolute atomic E-state index is 0.0406. The maximum Gasteiger partial charge on any atom is 0.410 e. The third-order valence-corrected chi connectivity index (χ3v) is 4.95. The first-order chi connectivity index (χ1) is 10.8. The number of halogens is 1. The average molecular weight is 383 g/mol. The number of hydrogen-bond acceptors (Lipinski definition) is 4. The summed E-state index contributed by atoms with van der Waals surface area (Å²) in [6.07, 6.45) is 0.572. The fourth-order valence-corrected chi connectivity index (χ4v) is 3.94. The summed E-state index contributed by atoms with van der Waals surface area (Å²) in [6.45, 7) is 6.33. The lowest BCUT2D eigenvalue weighted by Crippen LogP contribution is -2.44. The van der Waals surface area contributed by atoms with E-state index in [2.05, 4.69) is 27.3 Å². The molecule has 2 aliphatic rings. The molecule has 1 fully saturated rings. The molecule has 0 spiro atoms. The summed E-state index contributed by atoms with van der Waals surface area (Å²) in [5.74, 6) is 0.189. The summed E-state index contributed by atoms with van der Waals surface area (Å²) in [5, 5.41) is 13.1. The maximum absolute atomic E-state index is 12.6. The Bertz CT molecular complexity index is 614. The van der Waals surface area contributed by atoms with Crippen LogP contribution in [0, 0.1) is 5.92 Å². The van der Waals surface area contributed by atoms with Crippen LogP contribution < -0.4 is 5.32 Å². The third kappa shape index (κ3) is 3.19. The third-order valence-electron chi connectivity index (χ3n) is 4.46. The van der Waals surface area contributed by atoms with Gasteiger partial charge in [0, 0.05) is 22.6 Å². The number of amides is 1. The van der Waals surface area contributed by atoms with Crippen molar-refractivity contribution in [1.82, 2.24) is 4.90 Å². The highest BCUT2D eigenvalue weighted by atomic mass is 79.9. The monoisotopic (exact) mass is 382 g/mol. The van der Waals surface area contributed by atoms with Crippen molar-refractivity contribution in [2.45, 2.75) is 44.9 Å². The molecule has 3 rings (SSSR count). The summed E-state index contributed by atoms with van der Waals surface area (Å²) < 4.78 is 6.56. The van der Waals surface area contributed by atoms with Gasteiger partial charge in [-0.25, -0.2) is 4.79 Å². The van der Waals surface area contributed by atoms with Gasteiger partial charge in [-0.3, -0.25) is 0 Å². The summed E-state index contributed by atoms with van der Waals surface area (Å²) in [6, 6.07) is 5.91. The van der Waals surface area contributed by atoms with Crippen LogP contribution >= 0.6 is 15.9 Å². The van der Waals surface area contributed by atoms with Crippen LogP contribution in [0.15, 0.2) is 22.7 Å². The Hall–Kier alpha value is -1.27. The highest BCUT2D eigenvalue weighted by molar-refractivity contribution is 9.10. The van der Waals surface area contributed by atoms with Crippen LogP contribution in [-0.2, 0) is 4.74 Å². The number of carbonyl (C=O) groups is 1. The SMILES string of the molecule is CC(C)(C)OC(=O)N1CCC2[C@H](CO)Nc3ccc(Br)cc3[C@@H]21. The van der Waals surface area contributed by atoms with E-state index in [1.807, 2.05) is 37.8 Å². The smallest absolute Gasteiger partial charge is 0.410 e. The molecule has 1 aromatic carbocycles. The van der Waals surface area contributed by atoms with Crippen molar-refractivity contribution < 1.29 is 14.6 Å². The van der Waals surface area contributed by atoms with Gasteiger partial charge in [0.2, 0.25) is 0 Å². The van der Waals surface area contributed by atoms with E-state index >= 15 is 0 Å². The van der Waals surface area contributed by atoms with Gasteiger partial charge in [0.05, 0.1) is 18.7 Å². The van der Waals surface area contributed by atoms with Crippen LogP contribution in [0.1, 0.15) is 38.8 Å². The number of rotatable bonds is 1. The van der Waals surface area contributed by atoms with Gasteiger partial charge in [-0.1, -0.05) is 15.9 Å². The van der Waals surface area contributed by atoms with E-state index in [-0.39, 0.29) is 30.7 Å². The molecule has 2 aliphatic heterocycles. The molecule has 2 N–H and O–H groups in total. The predicted molar refractivity (Wildman–Crippen MR) is 92.4 cm³/mol. The fourth-order valence-electron chi connectivity index (χ4n) is 3.56. The zero-order valence-corrected chi connectivity index (χ0v) is 15.3. The van der Waals surface area contributed by atoms with Gasteiger partial charge in [0.15, 0.2) is 0 Å². The molecule has 3 atom stereocenters. The first-order valence-electron chi connectivity index (χ1n) is 7.96. The molecule has 5 nitrogen and oxygen atoms in total. The lowest BCUT2D eigenvalue weighted by molar-refractivity contribution is 0.0192. The summed E-state index contributed by atoms with van der Waals surface area (Å²) >= 11 is 3.51. The largest absolute Gasteiger partial charge is 0.444 e. The zero-order valence-electron chi connectivity index (χ0n) is 13.7. The van der Waals surface area contributed by atoms with Gasteiger partial charge in [-0.2, -0.15) is 0 Å². The highest BCUT2D eigenvalue weighted by Crippen LogP contribution is 2.47. The molecule has 1 amide bonds. The maximum atomic E-state index is 12.6. The number of benzene rings is 1. The molecule has 23 heavy (non-hydrogen) atoms. The molecular weight excluding hydrogens is 360 g/mol.